The van der Waals surface area contributed by atoms with Crippen molar-refractivity contribution in [3.63, 3.8) is 0 Å². The Morgan fingerprint density at radius 3 is 2.61 bits per heavy atom. The van der Waals surface area contributed by atoms with Gasteiger partial charge in [0.05, 0.1) is 24.2 Å². The van der Waals surface area contributed by atoms with Crippen LogP contribution in [0.5, 0.6) is 0 Å². The third-order valence-electron chi connectivity index (χ3n) is 5.94. The highest BCUT2D eigenvalue weighted by Gasteiger charge is 2.34. The summed E-state index contributed by atoms with van der Waals surface area (Å²) in [7, 11) is 5.53. The first-order valence-electron chi connectivity index (χ1n) is 11.2. The van der Waals surface area contributed by atoms with Gasteiger partial charge in [0.25, 0.3) is 5.91 Å². The lowest BCUT2D eigenvalue weighted by molar-refractivity contribution is -0.143. The van der Waals surface area contributed by atoms with E-state index in [4.69, 9.17) is 0 Å². The van der Waals surface area contributed by atoms with Crippen LogP contribution in [-0.4, -0.2) is 58.0 Å². The van der Waals surface area contributed by atoms with Crippen molar-refractivity contribution >= 4 is 17.5 Å². The maximum atomic E-state index is 13.4. The minimum Gasteiger partial charge on any atom is -0.363 e. The predicted molar refractivity (Wildman–Crippen MR) is 132 cm³/mol. The van der Waals surface area contributed by atoms with Gasteiger partial charge in [-0.2, -0.15) is 13.2 Å². The number of pyridine rings is 2. The number of fused-ring (bicyclic) bond motifs is 1. The van der Waals surface area contributed by atoms with E-state index in [-0.39, 0.29) is 25.6 Å². The Hall–Kier alpha value is -3.54. The van der Waals surface area contributed by atoms with E-state index >= 15 is 0 Å². The summed E-state index contributed by atoms with van der Waals surface area (Å²) in [5.74, 6) is 1.07. The first kappa shape index (κ1) is 27.1. The average molecular weight is 505 g/mol. The van der Waals surface area contributed by atoms with Crippen LogP contribution in [0.1, 0.15) is 54.8 Å². The molecule has 0 spiro atoms. The molecule has 0 unspecified atom stereocenters. The van der Waals surface area contributed by atoms with Crippen molar-refractivity contribution in [2.24, 2.45) is 0 Å². The molecule has 9 nitrogen and oxygen atoms in total. The van der Waals surface area contributed by atoms with Crippen LogP contribution in [0.15, 0.2) is 30.6 Å². The highest BCUT2D eigenvalue weighted by molar-refractivity contribution is 6.10. The Labute approximate surface area is 208 Å². The predicted octanol–water partition coefficient (Wildman–Crippen LogP) is 4.22. The summed E-state index contributed by atoms with van der Waals surface area (Å²) in [5, 5.41) is 11.0. The van der Waals surface area contributed by atoms with Crippen LogP contribution in [0, 0.1) is 0 Å². The van der Waals surface area contributed by atoms with Gasteiger partial charge in [-0.3, -0.25) is 9.69 Å². The molecule has 194 valence electrons. The summed E-state index contributed by atoms with van der Waals surface area (Å²) < 4.78 is 40.7. The number of amides is 1. The van der Waals surface area contributed by atoms with Crippen LogP contribution in [0.2, 0.25) is 0 Å². The lowest BCUT2D eigenvalue weighted by atomic mass is 10.1. The van der Waals surface area contributed by atoms with Crippen LogP contribution < -0.4 is 15.1 Å². The molecule has 1 aliphatic rings. The Morgan fingerprint density at radius 1 is 1.22 bits per heavy atom. The van der Waals surface area contributed by atoms with Crippen LogP contribution in [0.25, 0.3) is 11.5 Å². The quantitative estimate of drug-likeness (QED) is 0.491. The van der Waals surface area contributed by atoms with Gasteiger partial charge in [-0.1, -0.05) is 20.4 Å². The van der Waals surface area contributed by atoms with Crippen molar-refractivity contribution in [2.45, 2.75) is 52.5 Å². The molecule has 12 heteroatoms. The molecule has 0 saturated heterocycles. The molecule has 0 radical (unpaired) electrons. The van der Waals surface area contributed by atoms with Crippen molar-refractivity contribution in [1.82, 2.24) is 30.0 Å². The first-order valence-corrected chi connectivity index (χ1v) is 11.2. The molecule has 0 bridgehead atoms. The largest absolute Gasteiger partial charge is 0.391 e. The summed E-state index contributed by atoms with van der Waals surface area (Å²) in [6, 6.07) is 5.95. The molecule has 36 heavy (non-hydrogen) atoms. The van der Waals surface area contributed by atoms with Crippen LogP contribution >= 0.6 is 0 Å². The second-order valence-corrected chi connectivity index (χ2v) is 8.59. The van der Waals surface area contributed by atoms with E-state index < -0.39 is 18.6 Å². The fourth-order valence-electron chi connectivity index (χ4n) is 4.18. The number of rotatable bonds is 8. The fourth-order valence-corrected chi connectivity index (χ4v) is 4.18. The molecule has 1 aliphatic heterocycles. The summed E-state index contributed by atoms with van der Waals surface area (Å²) in [5.41, 5.74) is 2.49. The van der Waals surface area contributed by atoms with Crippen molar-refractivity contribution < 1.29 is 18.0 Å². The van der Waals surface area contributed by atoms with E-state index in [1.54, 1.807) is 36.1 Å². The summed E-state index contributed by atoms with van der Waals surface area (Å²) in [4.78, 5) is 26.0. The summed E-state index contributed by atoms with van der Waals surface area (Å²) in [6.45, 7) is 2.48. The third-order valence-corrected chi connectivity index (χ3v) is 5.94. The van der Waals surface area contributed by atoms with Crippen LogP contribution in [0.4, 0.5) is 24.8 Å². The van der Waals surface area contributed by atoms with Gasteiger partial charge in [0, 0.05) is 32.2 Å². The van der Waals surface area contributed by atoms with Gasteiger partial charge in [-0.15, -0.1) is 10.2 Å². The van der Waals surface area contributed by atoms with E-state index in [2.05, 4.69) is 25.5 Å². The lowest BCUT2D eigenvalue weighted by Crippen LogP contribution is -2.24. The maximum Gasteiger partial charge on any atom is 0.391 e. The molecule has 0 aromatic carbocycles. The van der Waals surface area contributed by atoms with Crippen molar-refractivity contribution in [2.75, 3.05) is 30.9 Å². The van der Waals surface area contributed by atoms with E-state index in [9.17, 15) is 18.0 Å². The summed E-state index contributed by atoms with van der Waals surface area (Å²) >= 11 is 0. The van der Waals surface area contributed by atoms with Gasteiger partial charge in [0.1, 0.15) is 23.7 Å². The minimum atomic E-state index is -4.32. The van der Waals surface area contributed by atoms with E-state index in [1.807, 2.05) is 26.0 Å². The van der Waals surface area contributed by atoms with Crippen molar-refractivity contribution in [3.05, 3.63) is 47.4 Å². The van der Waals surface area contributed by atoms with Gasteiger partial charge >= 0.3 is 6.18 Å². The van der Waals surface area contributed by atoms with E-state index in [1.165, 1.54) is 10.9 Å². The molecule has 1 amide bonds. The normalized spacial score (nSPS) is 14.0. The number of halogens is 3. The molecule has 3 aromatic heterocycles. The van der Waals surface area contributed by atoms with Gasteiger partial charge in [-0.25, -0.2) is 9.97 Å². The van der Waals surface area contributed by atoms with Gasteiger partial charge < -0.3 is 14.8 Å². The first-order chi connectivity index (χ1) is 16.6. The smallest absolute Gasteiger partial charge is 0.363 e. The number of nitrogens with zero attached hydrogens (tertiary/aromatic N) is 7. The molecule has 0 aliphatic carbocycles. The standard InChI is InChI=1S/C23H27F3N8O.CH4/c1-5-14(10-23(24,25)26)34-13-28-31-21(34)17-7-6-8-19(29-17)33-12-16-15(22(33)35)9-20(32(3)4)30-18(16)11-27-2;/h6-9,13-14,27H,5,10-12H2,1-4H3;1H4/t14-;/m1./s1. The number of nitrogens with one attached hydrogen (secondary N) is 1. The third kappa shape index (κ3) is 5.32. The number of anilines is 2. The Bertz CT molecular complexity index is 1220. The molecule has 0 saturated carbocycles. The van der Waals surface area contributed by atoms with Crippen molar-refractivity contribution in [1.29, 1.82) is 0 Å². The molecule has 1 atom stereocenters. The Balaban J connectivity index is 0.00000361. The lowest BCUT2D eigenvalue weighted by Gasteiger charge is -2.20. The monoisotopic (exact) mass is 504 g/mol. The zero-order chi connectivity index (χ0) is 25.3. The van der Waals surface area contributed by atoms with Gasteiger partial charge in [0.15, 0.2) is 5.82 Å². The second kappa shape index (κ2) is 10.6. The number of aromatic nitrogens is 5. The second-order valence-electron chi connectivity index (χ2n) is 8.59. The summed E-state index contributed by atoms with van der Waals surface area (Å²) in [6.07, 6.45) is -3.78. The minimum absolute atomic E-state index is 0. The Morgan fingerprint density at radius 2 is 1.97 bits per heavy atom. The van der Waals surface area contributed by atoms with Crippen LogP contribution in [-0.2, 0) is 13.1 Å². The van der Waals surface area contributed by atoms with E-state index in [0.29, 0.717) is 36.0 Å². The molecule has 4 rings (SSSR count). The topological polar surface area (TPSA) is 92.1 Å². The maximum absolute atomic E-state index is 13.4. The number of hydrogen-bond donors (Lipinski definition) is 1. The van der Waals surface area contributed by atoms with Gasteiger partial charge in [-0.05, 0) is 31.7 Å². The molecule has 1 N–H and O–H groups in total. The number of carbonyl (C=O) groups is 1. The Kier molecular flexibility index (Phi) is 7.97. The van der Waals surface area contributed by atoms with E-state index in [0.717, 1.165) is 11.3 Å². The van der Waals surface area contributed by atoms with Crippen molar-refractivity contribution in [3.8, 4) is 11.5 Å². The number of carbonyl (C=O) groups excluding carboxylic acids is 1. The molecular weight excluding hydrogens is 473 g/mol. The van der Waals surface area contributed by atoms with Gasteiger partial charge in [0.2, 0.25) is 0 Å². The molecule has 4 heterocycles. The average Bonchev–Trinajstić information content (AvgIpc) is 3.42. The molecule has 3 aromatic rings. The highest BCUT2D eigenvalue weighted by atomic mass is 19.4. The highest BCUT2D eigenvalue weighted by Crippen LogP contribution is 2.34. The zero-order valence-electron chi connectivity index (χ0n) is 20.0. The zero-order valence-corrected chi connectivity index (χ0v) is 20.0. The number of hydrogen-bond acceptors (Lipinski definition) is 7. The fraction of sp³-hybridized carbons (Fsp3) is 0.458. The molecular formula is C24H31F3N8O. The SMILES string of the molecule is C.CC[C@H](CC(F)(F)F)n1cnnc1-c1cccc(N2Cc3c(cc(N(C)C)nc3CNC)C2=O)n1. The van der Waals surface area contributed by atoms with Crippen LogP contribution in [0.3, 0.4) is 0 Å². The number of alkyl halides is 3. The molecule has 0 fully saturated rings.